The quantitative estimate of drug-likeness (QED) is 0.529. The Morgan fingerprint density at radius 1 is 1.22 bits per heavy atom. The maximum absolute atomic E-state index is 11.7. The number of rotatable bonds is 7. The van der Waals surface area contributed by atoms with Crippen LogP contribution in [0.15, 0.2) is 24.4 Å². The number of anilines is 2. The summed E-state index contributed by atoms with van der Waals surface area (Å²) in [5.74, 6) is 1.53. The Morgan fingerprint density at radius 2 is 2.03 bits per heavy atom. The number of aromatic nitrogens is 2. The summed E-state index contributed by atoms with van der Waals surface area (Å²) in [6, 6.07) is 8.16. The van der Waals surface area contributed by atoms with Gasteiger partial charge in [-0.3, -0.25) is 9.69 Å². The molecule has 37 heavy (non-hydrogen) atoms. The first-order valence-electron chi connectivity index (χ1n) is 13.4. The molecule has 3 heterocycles. The van der Waals surface area contributed by atoms with Gasteiger partial charge in [-0.2, -0.15) is 5.26 Å². The van der Waals surface area contributed by atoms with E-state index in [0.717, 1.165) is 68.8 Å². The molecule has 1 aromatic heterocycles. The highest BCUT2D eigenvalue weighted by Gasteiger charge is 2.42. The topological polar surface area (TPSA) is 105 Å². The summed E-state index contributed by atoms with van der Waals surface area (Å²) in [6.45, 7) is 7.83. The van der Waals surface area contributed by atoms with Crippen molar-refractivity contribution in [3.63, 3.8) is 0 Å². The zero-order chi connectivity index (χ0) is 26.1. The van der Waals surface area contributed by atoms with Crippen LogP contribution in [0.25, 0.3) is 0 Å². The molecule has 3 aliphatic rings. The molecule has 4 unspecified atom stereocenters. The fraction of sp³-hybridized carbons (Fsp3) is 0.571. The Bertz CT molecular complexity index is 1190. The van der Waals surface area contributed by atoms with E-state index in [4.69, 9.17) is 16.6 Å². The third-order valence-electron chi connectivity index (χ3n) is 8.50. The van der Waals surface area contributed by atoms with Crippen LogP contribution in [0.4, 0.5) is 11.6 Å². The first-order chi connectivity index (χ1) is 17.8. The molecule has 0 bridgehead atoms. The molecule has 1 aliphatic carbocycles. The van der Waals surface area contributed by atoms with Crippen molar-refractivity contribution >= 4 is 29.2 Å². The van der Waals surface area contributed by atoms with Gasteiger partial charge in [0.05, 0.1) is 18.2 Å². The number of aliphatic carboxylic acids is 1. The maximum Gasteiger partial charge on any atom is 0.308 e. The molecule has 4 atom stereocenters. The van der Waals surface area contributed by atoms with Crippen molar-refractivity contribution < 1.29 is 9.90 Å². The molecule has 2 aromatic rings. The number of nitriles is 1. The van der Waals surface area contributed by atoms with Crippen molar-refractivity contribution in [1.82, 2.24) is 14.9 Å². The number of carboxylic acids is 1. The fourth-order valence-electron chi connectivity index (χ4n) is 6.37. The minimum Gasteiger partial charge on any atom is -0.481 e. The van der Waals surface area contributed by atoms with E-state index in [2.05, 4.69) is 26.2 Å². The number of carboxylic acid groups (broad SMARTS) is 1. The highest BCUT2D eigenvalue weighted by atomic mass is 35.5. The number of hydrogen-bond donors (Lipinski definition) is 2. The maximum atomic E-state index is 11.7. The lowest BCUT2D eigenvalue weighted by molar-refractivity contribution is -0.143. The molecule has 3 fully saturated rings. The standard InChI is InChI=1S/C28H35ClN6O2/c1-17-8-9-21(23(29)11-17)18(2)32-27-24(12-30)31-13-26(33-27)35-15-20(16-35)19-5-4-10-34(14-19)25-7-3-6-22(25)28(36)37/h8-9,11,13,18-20,22,25H,3-7,10,14-16H2,1-2H3,(H,32,33)(H,36,37). The zero-order valence-electron chi connectivity index (χ0n) is 21.5. The summed E-state index contributed by atoms with van der Waals surface area (Å²) in [5, 5.41) is 23.3. The molecule has 9 heteroatoms. The van der Waals surface area contributed by atoms with Crippen molar-refractivity contribution in [2.45, 2.75) is 58.0 Å². The average Bonchev–Trinajstić information content (AvgIpc) is 3.34. The van der Waals surface area contributed by atoms with Gasteiger partial charge in [0, 0.05) is 30.7 Å². The van der Waals surface area contributed by atoms with Gasteiger partial charge in [0.15, 0.2) is 11.5 Å². The van der Waals surface area contributed by atoms with E-state index in [1.165, 1.54) is 6.42 Å². The number of carbonyl (C=O) groups is 1. The van der Waals surface area contributed by atoms with Gasteiger partial charge in [0.2, 0.25) is 0 Å². The largest absolute Gasteiger partial charge is 0.481 e. The molecule has 2 aliphatic heterocycles. The zero-order valence-corrected chi connectivity index (χ0v) is 22.3. The first-order valence-corrected chi connectivity index (χ1v) is 13.7. The molecule has 196 valence electrons. The number of hydrogen-bond acceptors (Lipinski definition) is 7. The molecule has 2 saturated heterocycles. The smallest absolute Gasteiger partial charge is 0.308 e. The molecule has 2 N–H and O–H groups in total. The Labute approximate surface area is 223 Å². The minimum absolute atomic E-state index is 0.132. The van der Waals surface area contributed by atoms with E-state index < -0.39 is 5.97 Å². The number of piperidine rings is 1. The van der Waals surface area contributed by atoms with Gasteiger partial charge in [-0.05, 0) is 75.1 Å². The molecule has 1 aromatic carbocycles. The number of nitrogens with one attached hydrogen (secondary N) is 1. The van der Waals surface area contributed by atoms with Gasteiger partial charge in [0.1, 0.15) is 11.9 Å². The Morgan fingerprint density at radius 3 is 2.76 bits per heavy atom. The summed E-state index contributed by atoms with van der Waals surface area (Å²) in [5.41, 5.74) is 2.31. The number of nitrogens with zero attached hydrogens (tertiary/aromatic N) is 5. The van der Waals surface area contributed by atoms with Crippen molar-refractivity contribution in [1.29, 1.82) is 5.26 Å². The van der Waals surface area contributed by atoms with Crippen LogP contribution in [0.3, 0.4) is 0 Å². The lowest BCUT2D eigenvalue weighted by Crippen LogP contribution is -2.55. The molecular formula is C28H35ClN6O2. The second-order valence-corrected chi connectivity index (χ2v) is 11.3. The normalized spacial score (nSPS) is 25.4. The van der Waals surface area contributed by atoms with Gasteiger partial charge < -0.3 is 15.3 Å². The van der Waals surface area contributed by atoms with E-state index in [9.17, 15) is 15.2 Å². The van der Waals surface area contributed by atoms with Gasteiger partial charge >= 0.3 is 5.97 Å². The van der Waals surface area contributed by atoms with Crippen molar-refractivity contribution in [3.05, 3.63) is 46.2 Å². The second-order valence-electron chi connectivity index (χ2n) is 10.9. The third-order valence-corrected chi connectivity index (χ3v) is 8.82. The monoisotopic (exact) mass is 522 g/mol. The minimum atomic E-state index is -0.637. The summed E-state index contributed by atoms with van der Waals surface area (Å²) in [4.78, 5) is 25.6. The van der Waals surface area contributed by atoms with Crippen molar-refractivity contribution in [3.8, 4) is 6.07 Å². The van der Waals surface area contributed by atoms with E-state index in [1.807, 2.05) is 32.0 Å². The predicted molar refractivity (Wildman–Crippen MR) is 144 cm³/mol. The lowest BCUT2D eigenvalue weighted by Gasteiger charge is -2.48. The summed E-state index contributed by atoms with van der Waals surface area (Å²) < 4.78 is 0. The van der Waals surface area contributed by atoms with Gasteiger partial charge in [0.25, 0.3) is 0 Å². The van der Waals surface area contributed by atoms with Crippen LogP contribution in [-0.2, 0) is 4.79 Å². The van der Waals surface area contributed by atoms with Crippen LogP contribution in [0.1, 0.15) is 61.9 Å². The SMILES string of the molecule is Cc1ccc(C(C)Nc2nc(N3CC(C4CCCN(C5CCCC5C(=O)O)C4)C3)cnc2C#N)c(Cl)c1. The van der Waals surface area contributed by atoms with Crippen LogP contribution in [0, 0.1) is 36.0 Å². The van der Waals surface area contributed by atoms with Crippen LogP contribution < -0.4 is 10.2 Å². The van der Waals surface area contributed by atoms with E-state index in [-0.39, 0.29) is 23.7 Å². The van der Waals surface area contributed by atoms with E-state index in [0.29, 0.717) is 22.7 Å². The van der Waals surface area contributed by atoms with E-state index in [1.54, 1.807) is 6.20 Å². The van der Waals surface area contributed by atoms with Crippen molar-refractivity contribution in [2.24, 2.45) is 17.8 Å². The molecule has 8 nitrogen and oxygen atoms in total. The Balaban J connectivity index is 1.22. The van der Waals surface area contributed by atoms with Crippen LogP contribution in [0.5, 0.6) is 0 Å². The second kappa shape index (κ2) is 10.8. The number of likely N-dealkylation sites (tertiary alicyclic amines) is 1. The molecule has 0 spiro atoms. The van der Waals surface area contributed by atoms with Crippen molar-refractivity contribution in [2.75, 3.05) is 36.4 Å². The van der Waals surface area contributed by atoms with Gasteiger partial charge in [-0.25, -0.2) is 9.97 Å². The average molecular weight is 523 g/mol. The van der Waals surface area contributed by atoms with Crippen LogP contribution >= 0.6 is 11.6 Å². The third kappa shape index (κ3) is 5.39. The number of aryl methyl sites for hydroxylation is 1. The van der Waals surface area contributed by atoms with Gasteiger partial charge in [-0.15, -0.1) is 0 Å². The summed E-state index contributed by atoms with van der Waals surface area (Å²) in [7, 11) is 0. The Hall–Kier alpha value is -2.89. The molecule has 0 radical (unpaired) electrons. The van der Waals surface area contributed by atoms with E-state index >= 15 is 0 Å². The Kier molecular flexibility index (Phi) is 7.55. The molecule has 5 rings (SSSR count). The fourth-order valence-corrected chi connectivity index (χ4v) is 6.77. The van der Waals surface area contributed by atoms with Crippen LogP contribution in [0.2, 0.25) is 5.02 Å². The summed E-state index contributed by atoms with van der Waals surface area (Å²) in [6.07, 6.45) is 6.84. The summed E-state index contributed by atoms with van der Waals surface area (Å²) >= 11 is 6.46. The number of halogens is 1. The number of benzene rings is 1. The molecule has 1 saturated carbocycles. The molecular weight excluding hydrogens is 488 g/mol. The predicted octanol–water partition coefficient (Wildman–Crippen LogP) is 4.88. The lowest BCUT2D eigenvalue weighted by atomic mass is 9.80. The highest BCUT2D eigenvalue weighted by molar-refractivity contribution is 6.31. The highest BCUT2D eigenvalue weighted by Crippen LogP contribution is 2.38. The first kappa shape index (κ1) is 25.7. The van der Waals surface area contributed by atoms with Crippen LogP contribution in [-0.4, -0.2) is 58.2 Å². The van der Waals surface area contributed by atoms with Gasteiger partial charge in [-0.1, -0.05) is 30.2 Å². The molecule has 0 amide bonds.